The summed E-state index contributed by atoms with van der Waals surface area (Å²) in [6, 6.07) is 0.348. The monoisotopic (exact) mass is 310 g/mol. The predicted octanol–water partition coefficient (Wildman–Crippen LogP) is 3.47. The summed E-state index contributed by atoms with van der Waals surface area (Å²) in [5, 5.41) is 7.15. The Bertz CT molecular complexity index is 467. The summed E-state index contributed by atoms with van der Waals surface area (Å²) in [5.74, 6) is 3.58. The standard InChI is InChI=1S/C16H26N2O2S/c1-10-6-5-7-15(11(10)2)17-16(19)9-21-8-14-12(3)18-20-13(14)4/h10-11,15H,5-9H2,1-4H3,(H,17,19). The van der Waals surface area contributed by atoms with Gasteiger partial charge in [0.1, 0.15) is 5.76 Å². The number of carbonyl (C=O) groups excluding carboxylic acids is 1. The van der Waals surface area contributed by atoms with Crippen molar-refractivity contribution >= 4 is 17.7 Å². The lowest BCUT2D eigenvalue weighted by atomic mass is 9.78. The lowest BCUT2D eigenvalue weighted by molar-refractivity contribution is -0.119. The minimum absolute atomic E-state index is 0.151. The van der Waals surface area contributed by atoms with Crippen molar-refractivity contribution in [2.24, 2.45) is 11.8 Å². The van der Waals surface area contributed by atoms with E-state index >= 15 is 0 Å². The van der Waals surface area contributed by atoms with Crippen LogP contribution in [0.3, 0.4) is 0 Å². The minimum atomic E-state index is 0.151. The van der Waals surface area contributed by atoms with Gasteiger partial charge in [0, 0.05) is 17.4 Å². The summed E-state index contributed by atoms with van der Waals surface area (Å²) in [7, 11) is 0. The Morgan fingerprint density at radius 3 is 2.81 bits per heavy atom. The van der Waals surface area contributed by atoms with E-state index in [0.717, 1.165) is 29.2 Å². The van der Waals surface area contributed by atoms with Gasteiger partial charge in [0.05, 0.1) is 11.4 Å². The molecule has 21 heavy (non-hydrogen) atoms. The number of amides is 1. The Kier molecular flexibility index (Phi) is 5.73. The van der Waals surface area contributed by atoms with E-state index in [4.69, 9.17) is 4.52 Å². The zero-order valence-corrected chi connectivity index (χ0v) is 14.3. The van der Waals surface area contributed by atoms with Crippen LogP contribution in [-0.4, -0.2) is 22.9 Å². The second kappa shape index (κ2) is 7.34. The topological polar surface area (TPSA) is 55.1 Å². The number of aromatic nitrogens is 1. The summed E-state index contributed by atoms with van der Waals surface area (Å²) in [6.07, 6.45) is 3.63. The van der Waals surface area contributed by atoms with Gasteiger partial charge in [-0.2, -0.15) is 0 Å². The fourth-order valence-electron chi connectivity index (χ4n) is 2.99. The molecule has 4 nitrogen and oxygen atoms in total. The van der Waals surface area contributed by atoms with Gasteiger partial charge in [0.25, 0.3) is 0 Å². The Hall–Kier alpha value is -0.970. The van der Waals surface area contributed by atoms with Gasteiger partial charge in [0.2, 0.25) is 5.91 Å². The second-order valence-electron chi connectivity index (χ2n) is 6.24. The Morgan fingerprint density at radius 1 is 1.38 bits per heavy atom. The first-order valence-corrected chi connectivity index (χ1v) is 8.93. The molecule has 0 saturated heterocycles. The summed E-state index contributed by atoms with van der Waals surface area (Å²) in [6.45, 7) is 8.40. The largest absolute Gasteiger partial charge is 0.361 e. The summed E-state index contributed by atoms with van der Waals surface area (Å²) >= 11 is 1.63. The van der Waals surface area contributed by atoms with Crippen LogP contribution in [0.1, 0.15) is 50.1 Å². The van der Waals surface area contributed by atoms with E-state index in [-0.39, 0.29) is 5.91 Å². The molecule has 1 saturated carbocycles. The van der Waals surface area contributed by atoms with Crippen LogP contribution in [0.2, 0.25) is 0 Å². The van der Waals surface area contributed by atoms with Gasteiger partial charge in [-0.25, -0.2) is 0 Å². The van der Waals surface area contributed by atoms with Crippen molar-refractivity contribution in [1.82, 2.24) is 10.5 Å². The molecule has 1 heterocycles. The molecule has 5 heteroatoms. The first kappa shape index (κ1) is 16.4. The maximum Gasteiger partial charge on any atom is 0.230 e. The van der Waals surface area contributed by atoms with Crippen LogP contribution in [-0.2, 0) is 10.5 Å². The summed E-state index contributed by atoms with van der Waals surface area (Å²) in [4.78, 5) is 12.1. The molecule has 1 N–H and O–H groups in total. The number of hydrogen-bond acceptors (Lipinski definition) is 4. The third-order valence-electron chi connectivity index (χ3n) is 4.71. The minimum Gasteiger partial charge on any atom is -0.361 e. The van der Waals surface area contributed by atoms with Crippen LogP contribution in [0.4, 0.5) is 0 Å². The van der Waals surface area contributed by atoms with E-state index in [0.29, 0.717) is 23.6 Å². The number of thioether (sulfide) groups is 1. The first-order chi connectivity index (χ1) is 9.99. The Morgan fingerprint density at radius 2 is 2.14 bits per heavy atom. The van der Waals surface area contributed by atoms with Gasteiger partial charge < -0.3 is 9.84 Å². The number of carbonyl (C=O) groups is 1. The highest BCUT2D eigenvalue weighted by Gasteiger charge is 2.27. The molecule has 118 valence electrons. The highest BCUT2D eigenvalue weighted by Crippen LogP contribution is 2.29. The molecule has 0 aliphatic heterocycles. The number of aryl methyl sites for hydroxylation is 2. The molecule has 1 aliphatic carbocycles. The van der Waals surface area contributed by atoms with Crippen LogP contribution < -0.4 is 5.32 Å². The maximum absolute atomic E-state index is 12.1. The van der Waals surface area contributed by atoms with E-state index in [9.17, 15) is 4.79 Å². The SMILES string of the molecule is Cc1noc(C)c1CSCC(=O)NC1CCCC(C)C1C. The molecule has 1 amide bonds. The molecule has 1 aliphatic rings. The van der Waals surface area contributed by atoms with Gasteiger partial charge in [-0.3, -0.25) is 4.79 Å². The molecule has 3 unspecified atom stereocenters. The molecule has 0 radical (unpaired) electrons. The normalized spacial score (nSPS) is 25.8. The smallest absolute Gasteiger partial charge is 0.230 e. The van der Waals surface area contributed by atoms with Crippen LogP contribution >= 0.6 is 11.8 Å². The molecule has 0 bridgehead atoms. The molecule has 0 spiro atoms. The number of nitrogens with zero attached hydrogens (tertiary/aromatic N) is 1. The molecule has 2 rings (SSSR count). The lowest BCUT2D eigenvalue weighted by Gasteiger charge is -2.34. The molecular formula is C16H26N2O2S. The van der Waals surface area contributed by atoms with Crippen molar-refractivity contribution in [2.45, 2.75) is 58.8 Å². The van der Waals surface area contributed by atoms with E-state index in [1.165, 1.54) is 12.8 Å². The second-order valence-corrected chi connectivity index (χ2v) is 7.22. The third kappa shape index (κ3) is 4.25. The Labute approximate surface area is 131 Å². The fourth-order valence-corrected chi connectivity index (χ4v) is 3.97. The number of rotatable bonds is 5. The van der Waals surface area contributed by atoms with Crippen LogP contribution in [0.15, 0.2) is 4.52 Å². The highest BCUT2D eigenvalue weighted by atomic mass is 32.2. The Balaban J connectivity index is 1.75. The van der Waals surface area contributed by atoms with E-state index in [1.54, 1.807) is 11.8 Å². The van der Waals surface area contributed by atoms with Crippen molar-refractivity contribution < 1.29 is 9.32 Å². The van der Waals surface area contributed by atoms with Crippen molar-refractivity contribution in [3.63, 3.8) is 0 Å². The van der Waals surface area contributed by atoms with Crippen LogP contribution in [0.25, 0.3) is 0 Å². The molecule has 1 fully saturated rings. The molecular weight excluding hydrogens is 284 g/mol. The van der Waals surface area contributed by atoms with E-state index in [1.807, 2.05) is 13.8 Å². The van der Waals surface area contributed by atoms with Crippen molar-refractivity contribution in [2.75, 3.05) is 5.75 Å². The average molecular weight is 310 g/mol. The van der Waals surface area contributed by atoms with Gasteiger partial charge in [-0.15, -0.1) is 11.8 Å². The molecule has 3 atom stereocenters. The van der Waals surface area contributed by atoms with Gasteiger partial charge in [-0.1, -0.05) is 31.8 Å². The summed E-state index contributed by atoms with van der Waals surface area (Å²) < 4.78 is 5.14. The van der Waals surface area contributed by atoms with E-state index in [2.05, 4.69) is 24.3 Å². The lowest BCUT2D eigenvalue weighted by Crippen LogP contribution is -2.44. The van der Waals surface area contributed by atoms with Gasteiger partial charge >= 0.3 is 0 Å². The van der Waals surface area contributed by atoms with Crippen LogP contribution in [0.5, 0.6) is 0 Å². The van der Waals surface area contributed by atoms with Gasteiger partial charge in [0.15, 0.2) is 0 Å². The molecule has 0 aromatic carbocycles. The third-order valence-corrected chi connectivity index (χ3v) is 5.67. The number of nitrogens with one attached hydrogen (secondary N) is 1. The van der Waals surface area contributed by atoms with Crippen molar-refractivity contribution in [3.05, 3.63) is 17.0 Å². The quantitative estimate of drug-likeness (QED) is 0.905. The predicted molar refractivity (Wildman–Crippen MR) is 86.2 cm³/mol. The zero-order valence-electron chi connectivity index (χ0n) is 13.4. The highest BCUT2D eigenvalue weighted by molar-refractivity contribution is 7.99. The van der Waals surface area contributed by atoms with Crippen LogP contribution in [0, 0.1) is 25.7 Å². The average Bonchev–Trinajstić information content (AvgIpc) is 2.75. The van der Waals surface area contributed by atoms with Crippen molar-refractivity contribution in [1.29, 1.82) is 0 Å². The van der Waals surface area contributed by atoms with E-state index < -0.39 is 0 Å². The maximum atomic E-state index is 12.1. The zero-order chi connectivity index (χ0) is 15.4. The first-order valence-electron chi connectivity index (χ1n) is 7.78. The summed E-state index contributed by atoms with van der Waals surface area (Å²) in [5.41, 5.74) is 2.04. The molecule has 1 aromatic heterocycles. The van der Waals surface area contributed by atoms with Crippen molar-refractivity contribution in [3.8, 4) is 0 Å². The van der Waals surface area contributed by atoms with Gasteiger partial charge in [-0.05, 0) is 32.1 Å². The molecule has 1 aromatic rings. The fraction of sp³-hybridized carbons (Fsp3) is 0.750. The number of hydrogen-bond donors (Lipinski definition) is 1.